The Labute approximate surface area is 103 Å². The Bertz CT molecular complexity index is 330. The van der Waals surface area contributed by atoms with Crippen LogP contribution in [0.1, 0.15) is 26.3 Å². The highest BCUT2D eigenvalue weighted by Gasteiger charge is 2.13. The number of hydrogen-bond acceptors (Lipinski definition) is 2. The Balaban J connectivity index is 2.72. The minimum Gasteiger partial charge on any atom is -0.399 e. The predicted octanol–water partition coefficient (Wildman–Crippen LogP) is 3.40. The van der Waals surface area contributed by atoms with Gasteiger partial charge in [-0.3, -0.25) is 4.90 Å². The Morgan fingerprint density at radius 2 is 1.88 bits per heavy atom. The van der Waals surface area contributed by atoms with Crippen LogP contribution in [0.5, 0.6) is 0 Å². The molecule has 0 aromatic heterocycles. The van der Waals surface area contributed by atoms with E-state index in [0.717, 1.165) is 12.2 Å². The van der Waals surface area contributed by atoms with E-state index in [2.05, 4.69) is 32.7 Å². The molecule has 0 saturated carbocycles. The van der Waals surface area contributed by atoms with Gasteiger partial charge in [0.15, 0.2) is 0 Å². The molecule has 2 nitrogen and oxygen atoms in total. The Morgan fingerprint density at radius 1 is 1.25 bits per heavy atom. The van der Waals surface area contributed by atoms with Crippen LogP contribution in [-0.2, 0) is 6.54 Å². The number of nitrogens with two attached hydrogens (primary N) is 1. The Kier molecular flexibility index (Phi) is 4.63. The maximum atomic E-state index is 5.98. The highest BCUT2D eigenvalue weighted by molar-refractivity contribution is 6.30. The van der Waals surface area contributed by atoms with Crippen molar-refractivity contribution in [1.29, 1.82) is 0 Å². The molecule has 0 bridgehead atoms. The second kappa shape index (κ2) is 5.55. The van der Waals surface area contributed by atoms with Crippen LogP contribution in [0.2, 0.25) is 5.02 Å². The fourth-order valence-corrected chi connectivity index (χ4v) is 1.97. The van der Waals surface area contributed by atoms with E-state index in [1.807, 2.05) is 12.1 Å². The van der Waals surface area contributed by atoms with E-state index in [9.17, 15) is 0 Å². The zero-order valence-corrected chi connectivity index (χ0v) is 11.3. The molecule has 1 atom stereocenters. The van der Waals surface area contributed by atoms with Gasteiger partial charge in [-0.1, -0.05) is 25.4 Å². The summed E-state index contributed by atoms with van der Waals surface area (Å²) >= 11 is 5.98. The van der Waals surface area contributed by atoms with E-state index in [4.69, 9.17) is 17.3 Å². The number of halogens is 1. The molecule has 1 aromatic rings. The summed E-state index contributed by atoms with van der Waals surface area (Å²) in [7, 11) is 2.13. The van der Waals surface area contributed by atoms with E-state index in [1.54, 1.807) is 6.07 Å². The van der Waals surface area contributed by atoms with Crippen molar-refractivity contribution in [2.45, 2.75) is 33.4 Å². The molecule has 1 aromatic carbocycles. The second-order valence-electron chi connectivity index (χ2n) is 4.79. The van der Waals surface area contributed by atoms with Gasteiger partial charge in [0.25, 0.3) is 0 Å². The molecule has 0 aliphatic rings. The first-order valence-corrected chi connectivity index (χ1v) is 6.03. The molecule has 0 radical (unpaired) electrons. The Hall–Kier alpha value is -0.730. The maximum Gasteiger partial charge on any atom is 0.0429 e. The van der Waals surface area contributed by atoms with Gasteiger partial charge in [0.1, 0.15) is 0 Å². The summed E-state index contributed by atoms with van der Waals surface area (Å²) in [6.45, 7) is 7.57. The number of nitrogens with zero attached hydrogens (tertiary/aromatic N) is 1. The quantitative estimate of drug-likeness (QED) is 0.818. The summed E-state index contributed by atoms with van der Waals surface area (Å²) in [5, 5.41) is 0.709. The van der Waals surface area contributed by atoms with Gasteiger partial charge in [0.2, 0.25) is 0 Å². The van der Waals surface area contributed by atoms with Crippen LogP contribution in [0.25, 0.3) is 0 Å². The molecule has 0 heterocycles. The summed E-state index contributed by atoms with van der Waals surface area (Å²) < 4.78 is 0. The summed E-state index contributed by atoms with van der Waals surface area (Å²) in [6, 6.07) is 6.27. The van der Waals surface area contributed by atoms with E-state index in [-0.39, 0.29) is 0 Å². The second-order valence-corrected chi connectivity index (χ2v) is 5.23. The zero-order valence-electron chi connectivity index (χ0n) is 10.5. The third kappa shape index (κ3) is 3.69. The van der Waals surface area contributed by atoms with Crippen molar-refractivity contribution in [3.63, 3.8) is 0 Å². The van der Waals surface area contributed by atoms with Gasteiger partial charge in [-0.2, -0.15) is 0 Å². The van der Waals surface area contributed by atoms with Crippen LogP contribution in [0.4, 0.5) is 5.69 Å². The van der Waals surface area contributed by atoms with Crippen molar-refractivity contribution < 1.29 is 0 Å². The van der Waals surface area contributed by atoms with Gasteiger partial charge in [-0.05, 0) is 43.7 Å². The van der Waals surface area contributed by atoms with Gasteiger partial charge in [-0.15, -0.1) is 0 Å². The minimum absolute atomic E-state index is 0.542. The van der Waals surface area contributed by atoms with Gasteiger partial charge in [-0.25, -0.2) is 0 Å². The average molecular weight is 241 g/mol. The average Bonchev–Trinajstić information content (AvgIpc) is 2.14. The molecule has 0 spiro atoms. The van der Waals surface area contributed by atoms with Crippen molar-refractivity contribution in [2.75, 3.05) is 12.8 Å². The number of rotatable bonds is 4. The lowest BCUT2D eigenvalue weighted by Gasteiger charge is -2.28. The molecular formula is C13H21ClN2. The fraction of sp³-hybridized carbons (Fsp3) is 0.538. The monoisotopic (exact) mass is 240 g/mol. The largest absolute Gasteiger partial charge is 0.399 e. The molecule has 16 heavy (non-hydrogen) atoms. The summed E-state index contributed by atoms with van der Waals surface area (Å²) in [5.74, 6) is 0.640. The molecule has 0 saturated heterocycles. The lowest BCUT2D eigenvalue weighted by atomic mass is 10.0. The van der Waals surface area contributed by atoms with Crippen molar-refractivity contribution in [1.82, 2.24) is 4.90 Å². The first kappa shape index (κ1) is 13.3. The molecule has 0 amide bonds. The SMILES string of the molecule is CC(C)C(C)N(C)Cc1cc(N)cc(Cl)c1. The molecule has 3 heteroatoms. The van der Waals surface area contributed by atoms with E-state index in [0.29, 0.717) is 17.0 Å². The topological polar surface area (TPSA) is 29.3 Å². The van der Waals surface area contributed by atoms with Crippen LogP contribution in [0.15, 0.2) is 18.2 Å². The normalized spacial score (nSPS) is 13.4. The van der Waals surface area contributed by atoms with Crippen LogP contribution in [0.3, 0.4) is 0 Å². The number of nitrogen functional groups attached to an aromatic ring is 1. The molecule has 0 aliphatic heterocycles. The first-order chi connectivity index (χ1) is 7.40. The van der Waals surface area contributed by atoms with E-state index >= 15 is 0 Å². The molecule has 1 rings (SSSR count). The van der Waals surface area contributed by atoms with Crippen molar-refractivity contribution in [3.05, 3.63) is 28.8 Å². The summed E-state index contributed by atoms with van der Waals surface area (Å²) in [6.07, 6.45) is 0. The van der Waals surface area contributed by atoms with Gasteiger partial charge in [0, 0.05) is 23.3 Å². The van der Waals surface area contributed by atoms with Crippen LogP contribution >= 0.6 is 11.6 Å². The molecular weight excluding hydrogens is 220 g/mol. The summed E-state index contributed by atoms with van der Waals surface area (Å²) in [5.41, 5.74) is 7.66. The molecule has 1 unspecified atom stereocenters. The lowest BCUT2D eigenvalue weighted by Crippen LogP contribution is -2.32. The standard InChI is InChI=1S/C13H21ClN2/c1-9(2)10(3)16(4)8-11-5-12(14)7-13(15)6-11/h5-7,9-10H,8,15H2,1-4H3. The van der Waals surface area contributed by atoms with Crippen molar-refractivity contribution in [2.24, 2.45) is 5.92 Å². The fourth-order valence-electron chi connectivity index (χ4n) is 1.71. The van der Waals surface area contributed by atoms with Gasteiger partial charge < -0.3 is 5.73 Å². The summed E-state index contributed by atoms with van der Waals surface area (Å²) in [4.78, 5) is 2.32. The van der Waals surface area contributed by atoms with E-state index < -0.39 is 0 Å². The van der Waals surface area contributed by atoms with Gasteiger partial charge >= 0.3 is 0 Å². The van der Waals surface area contributed by atoms with Crippen molar-refractivity contribution >= 4 is 17.3 Å². The van der Waals surface area contributed by atoms with Crippen LogP contribution in [-0.4, -0.2) is 18.0 Å². The number of benzene rings is 1. The molecule has 0 aliphatic carbocycles. The third-order valence-electron chi connectivity index (χ3n) is 3.07. The first-order valence-electron chi connectivity index (χ1n) is 5.65. The number of hydrogen-bond donors (Lipinski definition) is 1. The molecule has 90 valence electrons. The van der Waals surface area contributed by atoms with Crippen LogP contribution in [0, 0.1) is 5.92 Å². The molecule has 2 N–H and O–H groups in total. The van der Waals surface area contributed by atoms with E-state index in [1.165, 1.54) is 5.56 Å². The third-order valence-corrected chi connectivity index (χ3v) is 3.29. The van der Waals surface area contributed by atoms with Crippen molar-refractivity contribution in [3.8, 4) is 0 Å². The Morgan fingerprint density at radius 3 is 2.38 bits per heavy atom. The minimum atomic E-state index is 0.542. The predicted molar refractivity (Wildman–Crippen MR) is 71.6 cm³/mol. The zero-order chi connectivity index (χ0) is 12.3. The maximum absolute atomic E-state index is 5.98. The lowest BCUT2D eigenvalue weighted by molar-refractivity contribution is 0.200. The number of anilines is 1. The van der Waals surface area contributed by atoms with Gasteiger partial charge in [0.05, 0.1) is 0 Å². The highest BCUT2D eigenvalue weighted by Crippen LogP contribution is 2.19. The molecule has 0 fully saturated rings. The van der Waals surface area contributed by atoms with Crippen LogP contribution < -0.4 is 5.73 Å². The highest BCUT2D eigenvalue weighted by atomic mass is 35.5. The smallest absolute Gasteiger partial charge is 0.0429 e.